The highest BCUT2D eigenvalue weighted by Crippen LogP contribution is 2.31. The van der Waals surface area contributed by atoms with E-state index >= 15 is 0 Å². The third-order valence-corrected chi connectivity index (χ3v) is 3.97. The van der Waals surface area contributed by atoms with Gasteiger partial charge in [-0.15, -0.1) is 0 Å². The molecule has 2 aromatic rings. The van der Waals surface area contributed by atoms with Crippen LogP contribution in [0.5, 0.6) is 11.5 Å². The molecule has 2 amide bonds. The van der Waals surface area contributed by atoms with E-state index in [-0.39, 0.29) is 18.4 Å². The first-order valence-corrected chi connectivity index (χ1v) is 8.27. The second-order valence-corrected chi connectivity index (χ2v) is 5.91. The van der Waals surface area contributed by atoms with E-state index in [1.807, 2.05) is 31.2 Å². The molecule has 0 spiro atoms. The van der Waals surface area contributed by atoms with Crippen LogP contribution < -0.4 is 19.7 Å². The average Bonchev–Trinajstić information content (AvgIpc) is 2.64. The molecule has 0 aliphatic rings. The molecule has 6 heteroatoms. The molecule has 0 radical (unpaired) electrons. The number of aryl methyl sites for hydroxylation is 1. The lowest BCUT2D eigenvalue weighted by Crippen LogP contribution is -2.39. The zero-order valence-electron chi connectivity index (χ0n) is 15.5. The number of rotatable bonds is 7. The van der Waals surface area contributed by atoms with Crippen LogP contribution in [0, 0.1) is 6.92 Å². The number of ether oxygens (including phenoxy) is 2. The van der Waals surface area contributed by atoms with Crippen LogP contribution in [0.15, 0.2) is 42.5 Å². The maximum Gasteiger partial charge on any atom is 0.240 e. The largest absolute Gasteiger partial charge is 0.493 e. The maximum atomic E-state index is 12.3. The van der Waals surface area contributed by atoms with E-state index in [1.54, 1.807) is 25.3 Å². The fourth-order valence-electron chi connectivity index (χ4n) is 2.48. The Morgan fingerprint density at radius 1 is 1.00 bits per heavy atom. The van der Waals surface area contributed by atoms with Crippen molar-refractivity contribution in [1.82, 2.24) is 5.32 Å². The molecule has 138 valence electrons. The molecule has 2 rings (SSSR count). The molecule has 0 atom stereocenters. The number of anilines is 1. The monoisotopic (exact) mass is 356 g/mol. The van der Waals surface area contributed by atoms with Crippen molar-refractivity contribution < 1.29 is 19.1 Å². The molecule has 0 aliphatic carbocycles. The van der Waals surface area contributed by atoms with Crippen LogP contribution in [0.3, 0.4) is 0 Å². The van der Waals surface area contributed by atoms with Crippen molar-refractivity contribution in [2.24, 2.45) is 0 Å². The van der Waals surface area contributed by atoms with Crippen molar-refractivity contribution in [3.63, 3.8) is 0 Å². The normalized spacial score (nSPS) is 10.2. The van der Waals surface area contributed by atoms with Gasteiger partial charge in [0.05, 0.1) is 14.2 Å². The quantitative estimate of drug-likeness (QED) is 0.828. The first-order valence-electron chi connectivity index (χ1n) is 8.27. The number of methoxy groups -OCH3 is 2. The van der Waals surface area contributed by atoms with E-state index < -0.39 is 0 Å². The van der Waals surface area contributed by atoms with E-state index in [9.17, 15) is 9.59 Å². The Hall–Kier alpha value is -3.02. The Bertz CT molecular complexity index is 772. The number of carbonyl (C=O) groups excluding carboxylic acids is 2. The summed E-state index contributed by atoms with van der Waals surface area (Å²) in [7, 11) is 3.06. The molecule has 0 saturated carbocycles. The summed E-state index contributed by atoms with van der Waals surface area (Å²) in [6.07, 6.45) is 0. The summed E-state index contributed by atoms with van der Waals surface area (Å²) in [5.74, 6) is 0.582. The molecule has 0 bridgehead atoms. The van der Waals surface area contributed by atoms with Gasteiger partial charge in [0.2, 0.25) is 11.8 Å². The molecule has 2 aromatic carbocycles. The van der Waals surface area contributed by atoms with Gasteiger partial charge in [0, 0.05) is 25.2 Å². The molecular formula is C20H24N2O4. The van der Waals surface area contributed by atoms with E-state index in [0.717, 1.165) is 11.1 Å². The number of benzene rings is 2. The summed E-state index contributed by atoms with van der Waals surface area (Å²) in [5, 5.41) is 2.84. The predicted octanol–water partition coefficient (Wildman–Crippen LogP) is 2.68. The summed E-state index contributed by atoms with van der Waals surface area (Å²) < 4.78 is 10.5. The number of carbonyl (C=O) groups is 2. The summed E-state index contributed by atoms with van der Waals surface area (Å²) in [4.78, 5) is 25.7. The van der Waals surface area contributed by atoms with E-state index in [2.05, 4.69) is 5.32 Å². The molecule has 0 fully saturated rings. The third-order valence-electron chi connectivity index (χ3n) is 3.97. The number of nitrogens with zero attached hydrogens (tertiary/aromatic N) is 1. The van der Waals surface area contributed by atoms with Crippen molar-refractivity contribution in [3.05, 3.63) is 53.6 Å². The highest BCUT2D eigenvalue weighted by atomic mass is 16.5. The second kappa shape index (κ2) is 8.89. The van der Waals surface area contributed by atoms with Crippen LogP contribution in [0.1, 0.15) is 18.1 Å². The van der Waals surface area contributed by atoms with Crippen LogP contribution in [0.4, 0.5) is 5.69 Å². The summed E-state index contributed by atoms with van der Waals surface area (Å²) in [6.45, 7) is 3.77. The smallest absolute Gasteiger partial charge is 0.240 e. The Morgan fingerprint density at radius 3 is 2.23 bits per heavy atom. The summed E-state index contributed by atoms with van der Waals surface area (Å²) in [5.41, 5.74) is 2.74. The zero-order valence-corrected chi connectivity index (χ0v) is 15.5. The lowest BCUT2D eigenvalue weighted by atomic mass is 10.1. The van der Waals surface area contributed by atoms with Crippen molar-refractivity contribution in [2.45, 2.75) is 20.4 Å². The van der Waals surface area contributed by atoms with Gasteiger partial charge >= 0.3 is 0 Å². The summed E-state index contributed by atoms with van der Waals surface area (Å²) in [6, 6.07) is 13.0. The lowest BCUT2D eigenvalue weighted by Gasteiger charge is -2.22. The van der Waals surface area contributed by atoms with Gasteiger partial charge in [-0.3, -0.25) is 9.59 Å². The molecule has 1 N–H and O–H groups in total. The number of nitrogens with one attached hydrogen (secondary N) is 1. The number of hydrogen-bond donors (Lipinski definition) is 1. The van der Waals surface area contributed by atoms with E-state index in [0.29, 0.717) is 23.7 Å². The molecule has 6 nitrogen and oxygen atoms in total. The molecule has 0 saturated heterocycles. The van der Waals surface area contributed by atoms with Gasteiger partial charge in [0.15, 0.2) is 11.5 Å². The van der Waals surface area contributed by atoms with Crippen molar-refractivity contribution >= 4 is 17.5 Å². The van der Waals surface area contributed by atoms with Gasteiger partial charge < -0.3 is 19.7 Å². The van der Waals surface area contributed by atoms with Crippen molar-refractivity contribution in [2.75, 3.05) is 25.7 Å². The molecule has 26 heavy (non-hydrogen) atoms. The number of hydrogen-bond acceptors (Lipinski definition) is 4. The van der Waals surface area contributed by atoms with E-state index in [1.165, 1.54) is 18.9 Å². The van der Waals surface area contributed by atoms with Crippen molar-refractivity contribution in [1.29, 1.82) is 0 Å². The molecule has 0 aliphatic heterocycles. The Morgan fingerprint density at radius 2 is 1.65 bits per heavy atom. The number of amides is 2. The minimum Gasteiger partial charge on any atom is -0.493 e. The van der Waals surface area contributed by atoms with Crippen LogP contribution in [0.2, 0.25) is 0 Å². The molecular weight excluding hydrogens is 332 g/mol. The van der Waals surface area contributed by atoms with Gasteiger partial charge in [-0.25, -0.2) is 0 Å². The van der Waals surface area contributed by atoms with Crippen LogP contribution in [-0.2, 0) is 16.1 Å². The Balaban J connectivity index is 2.06. The second-order valence-electron chi connectivity index (χ2n) is 5.91. The average molecular weight is 356 g/mol. The van der Waals surface area contributed by atoms with Gasteiger partial charge in [0.25, 0.3) is 0 Å². The highest BCUT2D eigenvalue weighted by molar-refractivity contribution is 5.97. The topological polar surface area (TPSA) is 67.9 Å². The van der Waals surface area contributed by atoms with E-state index in [4.69, 9.17) is 9.47 Å². The fourth-order valence-corrected chi connectivity index (χ4v) is 2.48. The predicted molar refractivity (Wildman–Crippen MR) is 101 cm³/mol. The fraction of sp³-hybridized carbons (Fsp3) is 0.300. The lowest BCUT2D eigenvalue weighted by molar-refractivity contribution is -0.123. The zero-order chi connectivity index (χ0) is 19.1. The minimum atomic E-state index is -0.240. The van der Waals surface area contributed by atoms with Crippen LogP contribution in [-0.4, -0.2) is 32.6 Å². The maximum absolute atomic E-state index is 12.3. The summed E-state index contributed by atoms with van der Waals surface area (Å²) >= 11 is 0. The Labute approximate surface area is 153 Å². The minimum absolute atomic E-state index is 0.0727. The molecule has 0 unspecified atom stereocenters. The van der Waals surface area contributed by atoms with Gasteiger partial charge in [-0.2, -0.15) is 0 Å². The first-order chi connectivity index (χ1) is 12.4. The van der Waals surface area contributed by atoms with Gasteiger partial charge in [-0.1, -0.05) is 29.8 Å². The highest BCUT2D eigenvalue weighted by Gasteiger charge is 2.17. The van der Waals surface area contributed by atoms with Gasteiger partial charge in [0.1, 0.15) is 6.54 Å². The van der Waals surface area contributed by atoms with Crippen molar-refractivity contribution in [3.8, 4) is 11.5 Å². The Kier molecular flexibility index (Phi) is 6.60. The third kappa shape index (κ3) is 4.99. The molecule has 0 heterocycles. The molecule has 0 aromatic heterocycles. The standard InChI is InChI=1S/C20H24N2O4/c1-14-5-7-16(8-6-14)12-21-20(24)13-22(15(2)23)17-9-10-18(25-3)19(11-17)26-4/h5-11H,12-13H2,1-4H3,(H,21,24). The van der Waals surface area contributed by atoms with Crippen LogP contribution in [0.25, 0.3) is 0 Å². The SMILES string of the molecule is COc1ccc(N(CC(=O)NCc2ccc(C)cc2)C(C)=O)cc1OC. The first kappa shape index (κ1) is 19.3. The van der Waals surface area contributed by atoms with Crippen LogP contribution >= 0.6 is 0 Å². The van der Waals surface area contributed by atoms with Gasteiger partial charge in [-0.05, 0) is 24.6 Å².